The summed E-state index contributed by atoms with van der Waals surface area (Å²) in [5.41, 5.74) is 2.22. The highest BCUT2D eigenvalue weighted by Gasteiger charge is 2.15. The first kappa shape index (κ1) is 11.3. The standard InChI is InChI=1S/C14H16BrNO/c15-11-5-6-13-10(9-17-14(13)7-11)8-16-12-3-1-2-4-12/h5-7,9,12,16H,1-4,8H2. The van der Waals surface area contributed by atoms with Gasteiger partial charge in [0.25, 0.3) is 0 Å². The number of furan rings is 1. The number of fused-ring (bicyclic) bond motifs is 1. The molecular weight excluding hydrogens is 278 g/mol. The van der Waals surface area contributed by atoms with E-state index in [2.05, 4.69) is 33.4 Å². The van der Waals surface area contributed by atoms with Crippen molar-refractivity contribution in [1.29, 1.82) is 0 Å². The van der Waals surface area contributed by atoms with E-state index in [1.54, 1.807) is 0 Å². The van der Waals surface area contributed by atoms with Crippen LogP contribution in [-0.2, 0) is 6.54 Å². The SMILES string of the molecule is Brc1ccc2c(CNC3CCCC3)coc2c1. The summed E-state index contributed by atoms with van der Waals surface area (Å²) in [4.78, 5) is 0. The van der Waals surface area contributed by atoms with Crippen LogP contribution in [-0.4, -0.2) is 6.04 Å². The van der Waals surface area contributed by atoms with Gasteiger partial charge in [0.05, 0.1) is 6.26 Å². The molecule has 1 aromatic carbocycles. The molecule has 1 N–H and O–H groups in total. The van der Waals surface area contributed by atoms with E-state index in [1.807, 2.05) is 12.3 Å². The highest BCUT2D eigenvalue weighted by Crippen LogP contribution is 2.25. The minimum Gasteiger partial charge on any atom is -0.464 e. The topological polar surface area (TPSA) is 25.2 Å². The number of nitrogens with one attached hydrogen (secondary N) is 1. The van der Waals surface area contributed by atoms with Crippen LogP contribution < -0.4 is 5.32 Å². The number of halogens is 1. The van der Waals surface area contributed by atoms with Crippen LogP contribution in [0.25, 0.3) is 11.0 Å². The maximum Gasteiger partial charge on any atom is 0.135 e. The summed E-state index contributed by atoms with van der Waals surface area (Å²) >= 11 is 3.46. The van der Waals surface area contributed by atoms with Gasteiger partial charge in [-0.2, -0.15) is 0 Å². The van der Waals surface area contributed by atoms with Gasteiger partial charge in [0, 0.05) is 28.0 Å². The second kappa shape index (κ2) is 4.83. The Morgan fingerprint density at radius 2 is 2.12 bits per heavy atom. The minimum absolute atomic E-state index is 0.704. The zero-order valence-corrected chi connectivity index (χ0v) is 11.3. The number of benzene rings is 1. The molecule has 0 saturated heterocycles. The summed E-state index contributed by atoms with van der Waals surface area (Å²) in [6.45, 7) is 0.916. The molecule has 1 aliphatic rings. The first-order chi connectivity index (χ1) is 8.33. The van der Waals surface area contributed by atoms with Crippen LogP contribution in [0.5, 0.6) is 0 Å². The fourth-order valence-corrected chi connectivity index (χ4v) is 2.92. The molecule has 3 heteroatoms. The average molecular weight is 294 g/mol. The fourth-order valence-electron chi connectivity index (χ4n) is 2.58. The van der Waals surface area contributed by atoms with Gasteiger partial charge in [-0.25, -0.2) is 0 Å². The molecule has 90 valence electrons. The highest BCUT2D eigenvalue weighted by atomic mass is 79.9. The Hall–Kier alpha value is -0.800. The smallest absolute Gasteiger partial charge is 0.135 e. The summed E-state index contributed by atoms with van der Waals surface area (Å²) in [5.74, 6) is 0. The van der Waals surface area contributed by atoms with Crippen molar-refractivity contribution in [1.82, 2.24) is 5.32 Å². The third kappa shape index (κ3) is 2.40. The van der Waals surface area contributed by atoms with Gasteiger partial charge < -0.3 is 9.73 Å². The van der Waals surface area contributed by atoms with E-state index in [0.29, 0.717) is 6.04 Å². The quantitative estimate of drug-likeness (QED) is 0.916. The van der Waals surface area contributed by atoms with E-state index in [0.717, 1.165) is 16.6 Å². The van der Waals surface area contributed by atoms with Crippen LogP contribution in [0.2, 0.25) is 0 Å². The summed E-state index contributed by atoms with van der Waals surface area (Å²) in [6, 6.07) is 6.91. The molecule has 0 atom stereocenters. The monoisotopic (exact) mass is 293 g/mol. The van der Waals surface area contributed by atoms with Gasteiger partial charge in [-0.15, -0.1) is 0 Å². The predicted octanol–water partition coefficient (Wildman–Crippen LogP) is 4.23. The Morgan fingerprint density at radius 3 is 2.94 bits per heavy atom. The van der Waals surface area contributed by atoms with Crippen molar-refractivity contribution in [2.24, 2.45) is 0 Å². The second-order valence-electron chi connectivity index (χ2n) is 4.76. The lowest BCUT2D eigenvalue weighted by atomic mass is 10.1. The molecule has 1 heterocycles. The molecule has 0 bridgehead atoms. The lowest BCUT2D eigenvalue weighted by Crippen LogP contribution is -2.25. The van der Waals surface area contributed by atoms with E-state index in [1.165, 1.54) is 36.6 Å². The van der Waals surface area contributed by atoms with Crippen molar-refractivity contribution in [3.05, 3.63) is 34.5 Å². The zero-order valence-electron chi connectivity index (χ0n) is 9.71. The molecule has 1 aromatic heterocycles. The molecule has 1 aliphatic carbocycles. The van der Waals surface area contributed by atoms with Crippen LogP contribution in [0.4, 0.5) is 0 Å². The Kier molecular flexibility index (Phi) is 3.21. The Labute approximate surface area is 110 Å². The molecule has 17 heavy (non-hydrogen) atoms. The van der Waals surface area contributed by atoms with Gasteiger partial charge in [0.1, 0.15) is 5.58 Å². The van der Waals surface area contributed by atoms with Crippen molar-refractivity contribution < 1.29 is 4.42 Å². The van der Waals surface area contributed by atoms with Gasteiger partial charge in [-0.05, 0) is 31.0 Å². The predicted molar refractivity (Wildman–Crippen MR) is 73.0 cm³/mol. The summed E-state index contributed by atoms with van der Waals surface area (Å²) in [6.07, 6.45) is 7.26. The molecule has 1 saturated carbocycles. The van der Waals surface area contributed by atoms with E-state index in [4.69, 9.17) is 4.42 Å². The van der Waals surface area contributed by atoms with Crippen molar-refractivity contribution in [2.45, 2.75) is 38.3 Å². The third-order valence-corrected chi connectivity index (χ3v) is 4.05. The lowest BCUT2D eigenvalue weighted by molar-refractivity contribution is 0.520. The number of rotatable bonds is 3. The molecule has 0 spiro atoms. The second-order valence-corrected chi connectivity index (χ2v) is 5.68. The van der Waals surface area contributed by atoms with Crippen molar-refractivity contribution >= 4 is 26.9 Å². The number of hydrogen-bond donors (Lipinski definition) is 1. The molecule has 0 amide bonds. The first-order valence-electron chi connectivity index (χ1n) is 6.22. The molecule has 3 rings (SSSR count). The molecular formula is C14H16BrNO. The fraction of sp³-hybridized carbons (Fsp3) is 0.429. The minimum atomic E-state index is 0.704. The number of hydrogen-bond acceptors (Lipinski definition) is 2. The molecule has 0 radical (unpaired) electrons. The molecule has 2 nitrogen and oxygen atoms in total. The Morgan fingerprint density at radius 1 is 1.29 bits per heavy atom. The van der Waals surface area contributed by atoms with Crippen molar-refractivity contribution in [2.75, 3.05) is 0 Å². The summed E-state index contributed by atoms with van der Waals surface area (Å²) in [5, 5.41) is 4.84. The molecule has 2 aromatic rings. The third-order valence-electron chi connectivity index (χ3n) is 3.55. The molecule has 1 fully saturated rings. The zero-order chi connectivity index (χ0) is 11.7. The van der Waals surface area contributed by atoms with Gasteiger partial charge in [0.15, 0.2) is 0 Å². The van der Waals surface area contributed by atoms with E-state index in [9.17, 15) is 0 Å². The summed E-state index contributed by atoms with van der Waals surface area (Å²) < 4.78 is 6.64. The lowest BCUT2D eigenvalue weighted by Gasteiger charge is -2.10. The van der Waals surface area contributed by atoms with Crippen molar-refractivity contribution in [3.63, 3.8) is 0 Å². The normalized spacial score (nSPS) is 17.0. The highest BCUT2D eigenvalue weighted by molar-refractivity contribution is 9.10. The van der Waals surface area contributed by atoms with Crippen LogP contribution >= 0.6 is 15.9 Å². The van der Waals surface area contributed by atoms with Gasteiger partial charge in [-0.1, -0.05) is 28.8 Å². The van der Waals surface area contributed by atoms with Crippen molar-refractivity contribution in [3.8, 4) is 0 Å². The Balaban J connectivity index is 1.76. The molecule has 0 aliphatic heterocycles. The summed E-state index contributed by atoms with van der Waals surface area (Å²) in [7, 11) is 0. The van der Waals surface area contributed by atoms with E-state index >= 15 is 0 Å². The van der Waals surface area contributed by atoms with Gasteiger partial charge in [0.2, 0.25) is 0 Å². The van der Waals surface area contributed by atoms with Crippen LogP contribution in [0.3, 0.4) is 0 Å². The first-order valence-corrected chi connectivity index (χ1v) is 7.01. The molecule has 0 unspecified atom stereocenters. The van der Waals surface area contributed by atoms with E-state index < -0.39 is 0 Å². The Bertz CT molecular complexity index is 514. The average Bonchev–Trinajstić information content (AvgIpc) is 2.94. The largest absolute Gasteiger partial charge is 0.464 e. The van der Waals surface area contributed by atoms with Gasteiger partial charge in [-0.3, -0.25) is 0 Å². The van der Waals surface area contributed by atoms with Crippen LogP contribution in [0, 0.1) is 0 Å². The van der Waals surface area contributed by atoms with Crippen LogP contribution in [0.1, 0.15) is 31.2 Å². The van der Waals surface area contributed by atoms with E-state index in [-0.39, 0.29) is 0 Å². The maximum atomic E-state index is 5.58. The maximum absolute atomic E-state index is 5.58. The van der Waals surface area contributed by atoms with Gasteiger partial charge >= 0.3 is 0 Å². The van der Waals surface area contributed by atoms with Crippen LogP contribution in [0.15, 0.2) is 33.4 Å².